The van der Waals surface area contributed by atoms with Gasteiger partial charge in [-0.1, -0.05) is 33.1 Å². The molecule has 3 atom stereocenters. The molecule has 14 heavy (non-hydrogen) atoms. The molecule has 0 rings (SSSR count). The van der Waals surface area contributed by atoms with Gasteiger partial charge in [0.2, 0.25) is 0 Å². The first kappa shape index (κ1) is 14.1. The minimum absolute atomic E-state index is 0.425. The SMILES string of the molecule is CCCCC(CC)CNC(C)S(=O)[O-]. The molecule has 0 aliphatic heterocycles. The van der Waals surface area contributed by atoms with Crippen molar-refractivity contribution in [2.75, 3.05) is 6.54 Å². The molecule has 0 aromatic heterocycles. The Balaban J connectivity index is 3.66. The van der Waals surface area contributed by atoms with Crippen LogP contribution in [-0.4, -0.2) is 20.7 Å². The van der Waals surface area contributed by atoms with Gasteiger partial charge in [0.15, 0.2) is 0 Å². The van der Waals surface area contributed by atoms with Crippen molar-refractivity contribution in [2.45, 2.75) is 51.8 Å². The highest BCUT2D eigenvalue weighted by atomic mass is 32.2. The van der Waals surface area contributed by atoms with Crippen LogP contribution in [0.4, 0.5) is 0 Å². The van der Waals surface area contributed by atoms with Gasteiger partial charge in [-0.25, -0.2) is 0 Å². The third-order valence-electron chi connectivity index (χ3n) is 2.53. The van der Waals surface area contributed by atoms with Crippen LogP contribution < -0.4 is 5.32 Å². The summed E-state index contributed by atoms with van der Waals surface area (Å²) in [5, 5.41) is 2.60. The Hall–Kier alpha value is 0.0700. The predicted molar refractivity (Wildman–Crippen MR) is 59.7 cm³/mol. The van der Waals surface area contributed by atoms with E-state index in [2.05, 4.69) is 19.2 Å². The first-order valence-corrected chi connectivity index (χ1v) is 6.57. The van der Waals surface area contributed by atoms with Crippen molar-refractivity contribution >= 4 is 11.1 Å². The minimum Gasteiger partial charge on any atom is -0.771 e. The second-order valence-corrected chi connectivity index (χ2v) is 4.96. The van der Waals surface area contributed by atoms with Crippen LogP contribution in [0.2, 0.25) is 0 Å². The van der Waals surface area contributed by atoms with Crippen molar-refractivity contribution in [1.29, 1.82) is 0 Å². The Morgan fingerprint density at radius 2 is 2.07 bits per heavy atom. The lowest BCUT2D eigenvalue weighted by Gasteiger charge is -2.21. The van der Waals surface area contributed by atoms with Gasteiger partial charge >= 0.3 is 0 Å². The fourth-order valence-electron chi connectivity index (χ4n) is 1.34. The van der Waals surface area contributed by atoms with Gasteiger partial charge in [-0.05, 0) is 36.9 Å². The van der Waals surface area contributed by atoms with Crippen LogP contribution in [0.5, 0.6) is 0 Å². The third-order valence-corrected chi connectivity index (χ3v) is 3.27. The molecule has 0 aliphatic rings. The molecule has 1 N–H and O–H groups in total. The van der Waals surface area contributed by atoms with Gasteiger partial charge in [0, 0.05) is 0 Å². The smallest absolute Gasteiger partial charge is 0.0673 e. The van der Waals surface area contributed by atoms with E-state index in [4.69, 9.17) is 0 Å². The van der Waals surface area contributed by atoms with Gasteiger partial charge in [-0.3, -0.25) is 4.21 Å². The normalized spacial score (nSPS) is 17.7. The number of hydrogen-bond acceptors (Lipinski definition) is 3. The summed E-state index contributed by atoms with van der Waals surface area (Å²) in [6.07, 6.45) is 4.75. The summed E-state index contributed by atoms with van der Waals surface area (Å²) in [6.45, 7) is 6.82. The molecule has 3 nitrogen and oxygen atoms in total. The lowest BCUT2D eigenvalue weighted by Crippen LogP contribution is -2.34. The van der Waals surface area contributed by atoms with Crippen molar-refractivity contribution in [1.82, 2.24) is 5.32 Å². The molecule has 0 saturated heterocycles. The number of unbranched alkanes of at least 4 members (excludes halogenated alkanes) is 1. The van der Waals surface area contributed by atoms with E-state index in [1.807, 2.05) is 0 Å². The summed E-state index contributed by atoms with van der Waals surface area (Å²) in [5.74, 6) is 0.612. The molecule has 3 unspecified atom stereocenters. The molecule has 0 heterocycles. The van der Waals surface area contributed by atoms with E-state index in [0.29, 0.717) is 5.92 Å². The molecule has 0 spiro atoms. The van der Waals surface area contributed by atoms with E-state index in [0.717, 1.165) is 13.0 Å². The Bertz CT molecular complexity index is 164. The highest BCUT2D eigenvalue weighted by Crippen LogP contribution is 2.11. The summed E-state index contributed by atoms with van der Waals surface area (Å²) < 4.78 is 21.1. The molecule has 0 saturated carbocycles. The lowest BCUT2D eigenvalue weighted by molar-refractivity contribution is 0.410. The van der Waals surface area contributed by atoms with Crippen molar-refractivity contribution in [2.24, 2.45) is 5.92 Å². The Morgan fingerprint density at radius 1 is 1.43 bits per heavy atom. The van der Waals surface area contributed by atoms with Gasteiger partial charge in [-0.2, -0.15) is 0 Å². The van der Waals surface area contributed by atoms with Crippen molar-refractivity contribution in [3.05, 3.63) is 0 Å². The molecular weight excluding hydrogens is 198 g/mol. The monoisotopic (exact) mass is 220 g/mol. The highest BCUT2D eigenvalue weighted by Gasteiger charge is 2.07. The minimum atomic E-state index is -2.00. The molecule has 0 aromatic rings. The Kier molecular flexibility index (Phi) is 8.43. The molecule has 0 bridgehead atoms. The van der Waals surface area contributed by atoms with E-state index >= 15 is 0 Å². The van der Waals surface area contributed by atoms with Crippen molar-refractivity contribution in [3.63, 3.8) is 0 Å². The average molecular weight is 220 g/mol. The fraction of sp³-hybridized carbons (Fsp3) is 1.00. The zero-order chi connectivity index (χ0) is 11.0. The second-order valence-electron chi connectivity index (χ2n) is 3.73. The van der Waals surface area contributed by atoms with Crippen LogP contribution in [0, 0.1) is 5.92 Å². The Labute approximate surface area is 90.0 Å². The van der Waals surface area contributed by atoms with Crippen LogP contribution in [0.3, 0.4) is 0 Å². The summed E-state index contributed by atoms with van der Waals surface area (Å²) >= 11 is -2.00. The summed E-state index contributed by atoms with van der Waals surface area (Å²) in [6, 6.07) is 0. The van der Waals surface area contributed by atoms with Gasteiger partial charge in [0.05, 0.1) is 5.37 Å². The molecule has 0 aromatic carbocycles. The molecule has 0 amide bonds. The highest BCUT2D eigenvalue weighted by molar-refractivity contribution is 7.79. The van der Waals surface area contributed by atoms with Crippen LogP contribution in [-0.2, 0) is 11.1 Å². The van der Waals surface area contributed by atoms with Crippen molar-refractivity contribution < 1.29 is 8.76 Å². The number of hydrogen-bond donors (Lipinski definition) is 1. The molecule has 0 fully saturated rings. The van der Waals surface area contributed by atoms with Crippen LogP contribution >= 0.6 is 0 Å². The van der Waals surface area contributed by atoms with Gasteiger partial charge < -0.3 is 9.87 Å². The molecule has 0 aliphatic carbocycles. The molecule has 4 heteroatoms. The molecule has 0 radical (unpaired) electrons. The molecular formula is C10H22NO2S-. The van der Waals surface area contributed by atoms with Crippen molar-refractivity contribution in [3.8, 4) is 0 Å². The van der Waals surface area contributed by atoms with E-state index < -0.39 is 16.5 Å². The van der Waals surface area contributed by atoms with E-state index in [1.165, 1.54) is 19.3 Å². The summed E-state index contributed by atoms with van der Waals surface area (Å²) in [4.78, 5) is 0. The first-order chi connectivity index (χ1) is 6.61. The van der Waals surface area contributed by atoms with Crippen LogP contribution in [0.1, 0.15) is 46.5 Å². The quantitative estimate of drug-likeness (QED) is 0.637. The summed E-state index contributed by atoms with van der Waals surface area (Å²) in [7, 11) is 0. The topological polar surface area (TPSA) is 52.2 Å². The largest absolute Gasteiger partial charge is 0.771 e. The van der Waals surface area contributed by atoms with Gasteiger partial charge in [-0.15, -0.1) is 0 Å². The maximum absolute atomic E-state index is 10.6. The zero-order valence-corrected chi connectivity index (χ0v) is 10.2. The van der Waals surface area contributed by atoms with E-state index in [-0.39, 0.29) is 0 Å². The van der Waals surface area contributed by atoms with E-state index in [9.17, 15) is 8.76 Å². The first-order valence-electron chi connectivity index (χ1n) is 5.43. The second kappa shape index (κ2) is 8.38. The molecule has 86 valence electrons. The number of rotatable bonds is 8. The maximum atomic E-state index is 10.6. The summed E-state index contributed by atoms with van der Waals surface area (Å²) in [5.41, 5.74) is 0. The van der Waals surface area contributed by atoms with Crippen LogP contribution in [0.25, 0.3) is 0 Å². The Morgan fingerprint density at radius 3 is 2.50 bits per heavy atom. The third kappa shape index (κ3) is 6.51. The fourth-order valence-corrected chi connectivity index (χ4v) is 1.58. The zero-order valence-electron chi connectivity index (χ0n) is 9.41. The van der Waals surface area contributed by atoms with Crippen LogP contribution in [0.15, 0.2) is 0 Å². The van der Waals surface area contributed by atoms with E-state index in [1.54, 1.807) is 6.92 Å². The standard InChI is InChI=1S/C10H23NO2S/c1-4-6-7-10(5-2)8-11-9(3)14(12)13/h9-11H,4-8H2,1-3H3,(H,12,13)/p-1. The predicted octanol–water partition coefficient (Wildman–Crippen LogP) is 2.02. The lowest BCUT2D eigenvalue weighted by atomic mass is 9.99. The average Bonchev–Trinajstić information content (AvgIpc) is 2.17. The maximum Gasteiger partial charge on any atom is 0.0673 e. The van der Waals surface area contributed by atoms with Gasteiger partial charge in [0.1, 0.15) is 0 Å². The number of nitrogens with one attached hydrogen (secondary N) is 1. The van der Waals surface area contributed by atoms with Gasteiger partial charge in [0.25, 0.3) is 0 Å².